The van der Waals surface area contributed by atoms with Gasteiger partial charge in [-0.1, -0.05) is 18.9 Å². The molecule has 0 aromatic heterocycles. The van der Waals surface area contributed by atoms with E-state index in [2.05, 4.69) is 26.6 Å². The lowest BCUT2D eigenvalue weighted by Crippen LogP contribution is -2.63. The summed E-state index contributed by atoms with van der Waals surface area (Å²) >= 11 is 0. The molecule has 3 fully saturated rings. The van der Waals surface area contributed by atoms with Crippen molar-refractivity contribution in [2.75, 3.05) is 53.5 Å². The van der Waals surface area contributed by atoms with E-state index in [0.29, 0.717) is 51.4 Å². The second-order valence-corrected chi connectivity index (χ2v) is 12.3. The maximum absolute atomic E-state index is 13.0. The zero-order chi connectivity index (χ0) is 27.8. The number of hydrogen-bond donors (Lipinski definition) is 6. The summed E-state index contributed by atoms with van der Waals surface area (Å²) < 4.78 is 5.88. The molecule has 10 heteroatoms. The van der Waals surface area contributed by atoms with Gasteiger partial charge in [0.05, 0.1) is 24.8 Å². The number of fused-ring (bicyclic) bond motifs is 1. The summed E-state index contributed by atoms with van der Waals surface area (Å²) in [7, 11) is 3.49. The van der Waals surface area contributed by atoms with E-state index in [1.165, 1.54) is 0 Å². The quantitative estimate of drug-likeness (QED) is 0.142. The van der Waals surface area contributed by atoms with Crippen LogP contribution >= 0.6 is 0 Å². The number of methoxy groups -OCH3 is 1. The first-order chi connectivity index (χ1) is 18.8. The van der Waals surface area contributed by atoms with Crippen molar-refractivity contribution in [1.82, 2.24) is 15.5 Å². The van der Waals surface area contributed by atoms with Crippen LogP contribution in [0, 0.1) is 28.6 Å². The first-order valence-corrected chi connectivity index (χ1v) is 14.7. The van der Waals surface area contributed by atoms with Gasteiger partial charge < -0.3 is 41.3 Å². The third-order valence-electron chi connectivity index (χ3n) is 10.9. The molecule has 7 atom stereocenters. The molecule has 0 saturated heterocycles. The fourth-order valence-corrected chi connectivity index (χ4v) is 9.51. The minimum absolute atomic E-state index is 0.0570. The van der Waals surface area contributed by atoms with Crippen molar-refractivity contribution in [3.63, 3.8) is 0 Å². The van der Waals surface area contributed by atoms with E-state index in [0.717, 1.165) is 44.2 Å². The maximum Gasteiger partial charge on any atom is 0.334 e. The molecule has 0 aromatic rings. The third kappa shape index (κ3) is 4.25. The Kier molecular flexibility index (Phi) is 8.14. The number of carbonyl (C=O) groups is 1. The Morgan fingerprint density at radius 3 is 2.72 bits per heavy atom. The van der Waals surface area contributed by atoms with Crippen LogP contribution in [0.3, 0.4) is 0 Å². The molecule has 218 valence electrons. The minimum Gasteiger partial charge on any atom is -0.478 e. The molecular weight excluding hydrogens is 498 g/mol. The van der Waals surface area contributed by atoms with Gasteiger partial charge in [0.15, 0.2) is 5.96 Å². The van der Waals surface area contributed by atoms with Crippen LogP contribution in [0.25, 0.3) is 0 Å². The fourth-order valence-electron chi connectivity index (χ4n) is 9.51. The van der Waals surface area contributed by atoms with Crippen LogP contribution in [0.2, 0.25) is 0 Å². The van der Waals surface area contributed by atoms with Gasteiger partial charge in [0.2, 0.25) is 0 Å². The van der Waals surface area contributed by atoms with Crippen LogP contribution < -0.4 is 16.4 Å². The van der Waals surface area contributed by atoms with Gasteiger partial charge in [-0.25, -0.2) is 4.79 Å². The highest BCUT2D eigenvalue weighted by Gasteiger charge is 2.76. The monoisotopic (exact) mass is 545 g/mol. The number of ether oxygens (including phenoxy) is 1. The van der Waals surface area contributed by atoms with Crippen LogP contribution in [-0.4, -0.2) is 97.3 Å². The van der Waals surface area contributed by atoms with Gasteiger partial charge in [0.25, 0.3) is 0 Å². The van der Waals surface area contributed by atoms with Gasteiger partial charge in [-0.05, 0) is 68.9 Å². The molecule has 5 rings (SSSR count). The van der Waals surface area contributed by atoms with Crippen LogP contribution in [-0.2, 0) is 9.53 Å². The first kappa shape index (κ1) is 28.5. The number of nitrogens with two attached hydrogens (primary N) is 1. The van der Waals surface area contributed by atoms with Gasteiger partial charge in [-0.2, -0.15) is 0 Å². The lowest BCUT2D eigenvalue weighted by Gasteiger charge is -2.61. The van der Waals surface area contributed by atoms with Gasteiger partial charge >= 0.3 is 5.97 Å². The predicted octanol–water partition coefficient (Wildman–Crippen LogP) is 1.06. The van der Waals surface area contributed by atoms with Gasteiger partial charge in [-0.15, -0.1) is 0 Å². The van der Waals surface area contributed by atoms with Crippen molar-refractivity contribution < 1.29 is 24.9 Å². The summed E-state index contributed by atoms with van der Waals surface area (Å²) in [5, 5.41) is 39.1. The number of aliphatic hydroxyl groups is 2. The SMILES string of the molecule is CNCCN=C(N)N1C=CC(CNCCO)C2(C1)C1CCC3CCCCC(OC)C4(O)CC32C(=C4C(=O)O)C1. The lowest BCUT2D eigenvalue weighted by molar-refractivity contribution is -0.148. The summed E-state index contributed by atoms with van der Waals surface area (Å²) in [5.74, 6) is 0.0933. The molecule has 1 aliphatic heterocycles. The zero-order valence-electron chi connectivity index (χ0n) is 23.5. The van der Waals surface area contributed by atoms with E-state index in [9.17, 15) is 20.1 Å². The number of aliphatic imine (C=N–C) groups is 1. The Balaban J connectivity index is 1.69. The molecule has 3 saturated carbocycles. The fraction of sp³-hybridized carbons (Fsp3) is 0.793. The maximum atomic E-state index is 13.0. The molecule has 0 radical (unpaired) electrons. The van der Waals surface area contributed by atoms with Crippen molar-refractivity contribution in [3.05, 3.63) is 23.4 Å². The van der Waals surface area contributed by atoms with E-state index >= 15 is 0 Å². The topological polar surface area (TPSA) is 153 Å². The number of nitrogens with one attached hydrogen (secondary N) is 2. The molecule has 0 amide bonds. The van der Waals surface area contributed by atoms with E-state index in [-0.39, 0.29) is 35.3 Å². The van der Waals surface area contributed by atoms with E-state index in [1.54, 1.807) is 7.11 Å². The predicted molar refractivity (Wildman–Crippen MR) is 149 cm³/mol. The molecule has 39 heavy (non-hydrogen) atoms. The normalized spacial score (nSPS) is 39.7. The molecule has 10 nitrogen and oxygen atoms in total. The van der Waals surface area contributed by atoms with Crippen molar-refractivity contribution in [2.24, 2.45) is 39.3 Å². The number of hydrogen-bond acceptors (Lipinski definition) is 7. The Morgan fingerprint density at radius 2 is 2.00 bits per heavy atom. The number of aliphatic hydroxyl groups excluding tert-OH is 1. The molecule has 4 aliphatic carbocycles. The highest BCUT2D eigenvalue weighted by molar-refractivity contribution is 5.92. The van der Waals surface area contributed by atoms with Crippen molar-refractivity contribution in [3.8, 4) is 0 Å². The Hall–Kier alpha value is -1.98. The number of likely N-dealkylation sites (N-methyl/N-ethyl adjacent to an activating group) is 1. The number of aliphatic carboxylic acids is 1. The second-order valence-electron chi connectivity index (χ2n) is 12.3. The van der Waals surface area contributed by atoms with E-state index in [4.69, 9.17) is 10.5 Å². The summed E-state index contributed by atoms with van der Waals surface area (Å²) in [6.45, 7) is 3.16. The van der Waals surface area contributed by atoms with Gasteiger partial charge in [-0.3, -0.25) is 4.99 Å². The number of carboxylic acid groups (broad SMARTS) is 1. The van der Waals surface area contributed by atoms with E-state index in [1.807, 2.05) is 13.2 Å². The Morgan fingerprint density at radius 1 is 1.23 bits per heavy atom. The molecule has 7 unspecified atom stereocenters. The molecule has 5 aliphatic rings. The smallest absolute Gasteiger partial charge is 0.334 e. The highest BCUT2D eigenvalue weighted by atomic mass is 16.5. The van der Waals surface area contributed by atoms with Crippen LogP contribution in [0.4, 0.5) is 0 Å². The van der Waals surface area contributed by atoms with E-state index < -0.39 is 23.1 Å². The second kappa shape index (κ2) is 11.1. The minimum atomic E-state index is -1.53. The standard InChI is InChI=1S/C29H47N5O5/c1-31-10-11-33-26(30)34-13-9-21(16-32-12-14-35)28(18-34)20-8-7-19-5-3-4-6-23(39-2)29(38)17-27(19,28)22(15-20)24(29)25(36)37/h9,13,19-21,23,31-32,35,38H,3-8,10-12,14-18H2,1-2H3,(H2,30,33)(H,36,37). The molecule has 2 spiro atoms. The van der Waals surface area contributed by atoms with Gasteiger partial charge in [0.1, 0.15) is 5.60 Å². The Bertz CT molecular complexity index is 1030. The van der Waals surface area contributed by atoms with Crippen molar-refractivity contribution >= 4 is 11.9 Å². The largest absolute Gasteiger partial charge is 0.478 e. The van der Waals surface area contributed by atoms with Gasteiger partial charge in [0, 0.05) is 50.3 Å². The number of allylic oxidation sites excluding steroid dienone is 1. The molecule has 1 heterocycles. The van der Waals surface area contributed by atoms with Crippen LogP contribution in [0.15, 0.2) is 28.4 Å². The highest BCUT2D eigenvalue weighted by Crippen LogP contribution is 2.78. The average Bonchev–Trinajstić information content (AvgIpc) is 3.27. The molecule has 3 bridgehead atoms. The number of rotatable bonds is 9. The number of guanidine groups is 1. The van der Waals surface area contributed by atoms with Crippen molar-refractivity contribution in [1.29, 1.82) is 0 Å². The number of nitrogens with zero attached hydrogens (tertiary/aromatic N) is 2. The van der Waals surface area contributed by atoms with Crippen LogP contribution in [0.5, 0.6) is 0 Å². The Labute approximate surface area is 231 Å². The summed E-state index contributed by atoms with van der Waals surface area (Å²) in [4.78, 5) is 19.7. The molecular formula is C29H47N5O5. The molecule has 7 N–H and O–H groups in total. The third-order valence-corrected chi connectivity index (χ3v) is 10.9. The first-order valence-electron chi connectivity index (χ1n) is 14.7. The summed E-state index contributed by atoms with van der Waals surface area (Å²) in [6.07, 6.45) is 10.5. The number of carboxylic acids is 1. The van der Waals surface area contributed by atoms with Crippen molar-refractivity contribution in [2.45, 2.75) is 63.1 Å². The van der Waals surface area contributed by atoms with Crippen LogP contribution in [0.1, 0.15) is 51.4 Å². The molecule has 0 aromatic carbocycles. The summed E-state index contributed by atoms with van der Waals surface area (Å²) in [5.41, 5.74) is 5.39. The zero-order valence-corrected chi connectivity index (χ0v) is 23.5. The average molecular weight is 546 g/mol. The summed E-state index contributed by atoms with van der Waals surface area (Å²) in [6, 6.07) is 0. The lowest BCUT2D eigenvalue weighted by atomic mass is 9.45.